The van der Waals surface area contributed by atoms with Gasteiger partial charge in [-0.2, -0.15) is 0 Å². The Morgan fingerprint density at radius 3 is 2.35 bits per heavy atom. The van der Waals surface area contributed by atoms with Crippen LogP contribution in [0.2, 0.25) is 0 Å². The molecular weight excluding hydrogens is 250 g/mol. The minimum absolute atomic E-state index is 0.228. The number of rotatable bonds is 8. The van der Waals surface area contributed by atoms with Gasteiger partial charge in [0.25, 0.3) is 0 Å². The predicted octanol–water partition coefficient (Wildman–Crippen LogP) is 3.45. The zero-order chi connectivity index (χ0) is 14.0. The van der Waals surface area contributed by atoms with Gasteiger partial charge in [-0.05, 0) is 42.7 Å². The van der Waals surface area contributed by atoms with Gasteiger partial charge < -0.3 is 15.2 Å². The third-order valence-corrected chi connectivity index (χ3v) is 3.01. The molecule has 2 rings (SSSR count). The van der Waals surface area contributed by atoms with Crippen LogP contribution < -0.4 is 10.1 Å². The van der Waals surface area contributed by atoms with Crippen LogP contribution in [0.4, 0.5) is 5.69 Å². The van der Waals surface area contributed by atoms with Gasteiger partial charge in [0, 0.05) is 18.8 Å². The van der Waals surface area contributed by atoms with E-state index in [0.717, 1.165) is 30.8 Å². The minimum Gasteiger partial charge on any atom is -0.494 e. The molecule has 0 amide bonds. The van der Waals surface area contributed by atoms with E-state index in [-0.39, 0.29) is 6.61 Å². The first-order valence-corrected chi connectivity index (χ1v) is 7.00. The SMILES string of the molecule is OCCCCOc1ccc(NCc2ccccc2)cc1. The highest BCUT2D eigenvalue weighted by Gasteiger charge is 1.96. The topological polar surface area (TPSA) is 41.5 Å². The molecule has 0 heterocycles. The third-order valence-electron chi connectivity index (χ3n) is 3.01. The van der Waals surface area contributed by atoms with Crippen molar-refractivity contribution in [1.82, 2.24) is 0 Å². The Morgan fingerprint density at radius 2 is 1.65 bits per heavy atom. The molecule has 0 radical (unpaired) electrons. The molecule has 0 bridgehead atoms. The van der Waals surface area contributed by atoms with Gasteiger partial charge in [-0.15, -0.1) is 0 Å². The first kappa shape index (κ1) is 14.4. The van der Waals surface area contributed by atoms with E-state index < -0.39 is 0 Å². The maximum atomic E-state index is 8.69. The molecule has 3 nitrogen and oxygen atoms in total. The smallest absolute Gasteiger partial charge is 0.119 e. The number of benzene rings is 2. The molecule has 0 unspecified atom stereocenters. The number of nitrogens with one attached hydrogen (secondary N) is 1. The Hall–Kier alpha value is -2.00. The molecule has 0 aliphatic carbocycles. The van der Waals surface area contributed by atoms with Gasteiger partial charge in [0.1, 0.15) is 5.75 Å². The largest absolute Gasteiger partial charge is 0.494 e. The normalized spacial score (nSPS) is 10.2. The van der Waals surface area contributed by atoms with Gasteiger partial charge in [-0.1, -0.05) is 30.3 Å². The Balaban J connectivity index is 1.76. The van der Waals surface area contributed by atoms with E-state index in [4.69, 9.17) is 9.84 Å². The van der Waals surface area contributed by atoms with E-state index in [9.17, 15) is 0 Å². The second-order valence-corrected chi connectivity index (χ2v) is 4.64. The van der Waals surface area contributed by atoms with Crippen LogP contribution in [-0.4, -0.2) is 18.3 Å². The van der Waals surface area contributed by atoms with Crippen molar-refractivity contribution in [3.63, 3.8) is 0 Å². The van der Waals surface area contributed by atoms with Gasteiger partial charge >= 0.3 is 0 Å². The lowest BCUT2D eigenvalue weighted by Crippen LogP contribution is -2.00. The van der Waals surface area contributed by atoms with Gasteiger partial charge in [0.15, 0.2) is 0 Å². The zero-order valence-corrected chi connectivity index (χ0v) is 11.6. The maximum Gasteiger partial charge on any atom is 0.119 e. The Labute approximate surface area is 120 Å². The van der Waals surface area contributed by atoms with Crippen molar-refractivity contribution in [3.8, 4) is 5.75 Å². The summed E-state index contributed by atoms with van der Waals surface area (Å²) in [5.41, 5.74) is 2.34. The average molecular weight is 271 g/mol. The molecule has 0 fully saturated rings. The van der Waals surface area contributed by atoms with Crippen LogP contribution in [0.1, 0.15) is 18.4 Å². The summed E-state index contributed by atoms with van der Waals surface area (Å²) in [5, 5.41) is 12.1. The molecule has 0 saturated carbocycles. The molecule has 0 aliphatic rings. The fourth-order valence-corrected chi connectivity index (χ4v) is 1.87. The van der Waals surface area contributed by atoms with Crippen molar-refractivity contribution in [1.29, 1.82) is 0 Å². The molecule has 2 aromatic carbocycles. The molecule has 106 valence electrons. The first-order chi connectivity index (χ1) is 9.88. The Bertz CT molecular complexity index is 482. The fraction of sp³-hybridized carbons (Fsp3) is 0.294. The molecular formula is C17H21NO2. The molecule has 0 aromatic heterocycles. The summed E-state index contributed by atoms with van der Waals surface area (Å²) < 4.78 is 5.59. The van der Waals surface area contributed by atoms with Crippen LogP contribution in [0.25, 0.3) is 0 Å². The van der Waals surface area contributed by atoms with Gasteiger partial charge in [0.05, 0.1) is 6.61 Å². The number of unbranched alkanes of at least 4 members (excludes halogenated alkanes) is 1. The van der Waals surface area contributed by atoms with Gasteiger partial charge in [-0.25, -0.2) is 0 Å². The van der Waals surface area contributed by atoms with E-state index in [0.29, 0.717) is 6.61 Å². The standard InChI is InChI=1S/C17H21NO2/c19-12-4-5-13-20-17-10-8-16(9-11-17)18-14-15-6-2-1-3-7-15/h1-3,6-11,18-19H,4-5,12-14H2. The highest BCUT2D eigenvalue weighted by atomic mass is 16.5. The Kier molecular flexibility index (Phi) is 5.93. The fourth-order valence-electron chi connectivity index (χ4n) is 1.87. The summed E-state index contributed by atoms with van der Waals surface area (Å²) in [7, 11) is 0. The minimum atomic E-state index is 0.228. The first-order valence-electron chi connectivity index (χ1n) is 7.00. The van der Waals surface area contributed by atoms with Crippen molar-refractivity contribution in [2.24, 2.45) is 0 Å². The molecule has 0 spiro atoms. The highest BCUT2D eigenvalue weighted by Crippen LogP contribution is 2.16. The van der Waals surface area contributed by atoms with Gasteiger partial charge in [-0.3, -0.25) is 0 Å². The summed E-state index contributed by atoms with van der Waals surface area (Å²) >= 11 is 0. The van der Waals surface area contributed by atoms with E-state index in [1.807, 2.05) is 42.5 Å². The monoisotopic (exact) mass is 271 g/mol. The number of hydrogen-bond acceptors (Lipinski definition) is 3. The lowest BCUT2D eigenvalue weighted by atomic mass is 10.2. The van der Waals surface area contributed by atoms with Crippen LogP contribution in [0.3, 0.4) is 0 Å². The average Bonchev–Trinajstić information content (AvgIpc) is 2.52. The number of anilines is 1. The molecule has 20 heavy (non-hydrogen) atoms. The molecule has 0 atom stereocenters. The van der Waals surface area contributed by atoms with Gasteiger partial charge in [0.2, 0.25) is 0 Å². The number of ether oxygens (including phenoxy) is 1. The number of hydrogen-bond donors (Lipinski definition) is 2. The zero-order valence-electron chi connectivity index (χ0n) is 11.6. The highest BCUT2D eigenvalue weighted by molar-refractivity contribution is 5.46. The molecule has 3 heteroatoms. The second-order valence-electron chi connectivity index (χ2n) is 4.64. The lowest BCUT2D eigenvalue weighted by molar-refractivity contribution is 0.253. The van der Waals surface area contributed by atoms with E-state index in [2.05, 4.69) is 17.4 Å². The van der Waals surface area contributed by atoms with E-state index in [1.165, 1.54) is 5.56 Å². The van der Waals surface area contributed by atoms with Crippen molar-refractivity contribution in [3.05, 3.63) is 60.2 Å². The van der Waals surface area contributed by atoms with Crippen molar-refractivity contribution >= 4 is 5.69 Å². The molecule has 2 aromatic rings. The summed E-state index contributed by atoms with van der Waals surface area (Å²) in [6.45, 7) is 1.70. The molecule has 2 N–H and O–H groups in total. The van der Waals surface area contributed by atoms with Crippen LogP contribution in [0.15, 0.2) is 54.6 Å². The summed E-state index contributed by atoms with van der Waals surface area (Å²) in [6.07, 6.45) is 1.67. The number of aliphatic hydroxyl groups is 1. The lowest BCUT2D eigenvalue weighted by Gasteiger charge is -2.09. The quantitative estimate of drug-likeness (QED) is 0.723. The van der Waals surface area contributed by atoms with Crippen molar-refractivity contribution < 1.29 is 9.84 Å². The van der Waals surface area contributed by atoms with Crippen LogP contribution in [0, 0.1) is 0 Å². The summed E-state index contributed by atoms with van der Waals surface area (Å²) in [6, 6.07) is 18.3. The maximum absolute atomic E-state index is 8.69. The van der Waals surface area contributed by atoms with Crippen molar-refractivity contribution in [2.45, 2.75) is 19.4 Å². The van der Waals surface area contributed by atoms with Crippen LogP contribution in [0.5, 0.6) is 5.75 Å². The van der Waals surface area contributed by atoms with Crippen molar-refractivity contribution in [2.75, 3.05) is 18.5 Å². The second kappa shape index (κ2) is 8.23. The summed E-state index contributed by atoms with van der Waals surface area (Å²) in [5.74, 6) is 0.869. The predicted molar refractivity (Wildman–Crippen MR) is 82.0 cm³/mol. The van der Waals surface area contributed by atoms with E-state index >= 15 is 0 Å². The van der Waals surface area contributed by atoms with E-state index in [1.54, 1.807) is 0 Å². The van der Waals surface area contributed by atoms with Crippen LogP contribution >= 0.6 is 0 Å². The molecule has 0 saturated heterocycles. The third kappa shape index (κ3) is 4.94. The Morgan fingerprint density at radius 1 is 0.900 bits per heavy atom. The van der Waals surface area contributed by atoms with Crippen LogP contribution in [-0.2, 0) is 6.54 Å². The summed E-state index contributed by atoms with van der Waals surface area (Å²) in [4.78, 5) is 0. The number of aliphatic hydroxyl groups excluding tert-OH is 1. The molecule has 0 aliphatic heterocycles.